The van der Waals surface area contributed by atoms with Crippen molar-refractivity contribution in [3.63, 3.8) is 0 Å². The van der Waals surface area contributed by atoms with Crippen LogP contribution in [0.25, 0.3) is 0 Å². The van der Waals surface area contributed by atoms with E-state index in [4.69, 9.17) is 19.8 Å². The zero-order valence-electron chi connectivity index (χ0n) is 11.1. The van der Waals surface area contributed by atoms with Crippen molar-refractivity contribution in [2.45, 2.75) is 27.7 Å². The van der Waals surface area contributed by atoms with Gasteiger partial charge in [-0.15, -0.1) is 0 Å². The molecule has 0 aromatic heterocycles. The quantitative estimate of drug-likeness (QED) is 0.644. The van der Waals surface area contributed by atoms with E-state index in [2.05, 4.69) is 13.8 Å². The molecule has 6 radical (unpaired) electrons. The summed E-state index contributed by atoms with van der Waals surface area (Å²) in [5.74, 6) is -1.67. The molecule has 0 atom stereocenters. The van der Waals surface area contributed by atoms with Crippen LogP contribution in [-0.2, 0) is 50.4 Å². The average Bonchev–Trinajstić information content (AvgIpc) is 2.16. The number of unbranched alkanes of at least 4 members (excludes halogenated alkanes) is 2. The summed E-state index contributed by atoms with van der Waals surface area (Å²) in [6.45, 7) is 12.9. The fourth-order valence-corrected chi connectivity index (χ4v) is 0. The fraction of sp³-hybridized carbons (Fsp3) is 0.333. The molecule has 2 N–H and O–H groups in total. The third kappa shape index (κ3) is 739. The molecule has 4 nitrogen and oxygen atoms in total. The van der Waals surface area contributed by atoms with Crippen molar-refractivity contribution in [2.75, 3.05) is 0 Å². The van der Waals surface area contributed by atoms with Crippen LogP contribution in [0.1, 0.15) is 27.7 Å². The first-order valence-corrected chi connectivity index (χ1v) is 4.49. The maximum absolute atomic E-state index is 9.00. The van der Waals surface area contributed by atoms with Gasteiger partial charge in [-0.3, -0.25) is 9.59 Å². The van der Waals surface area contributed by atoms with Gasteiger partial charge in [0, 0.05) is 54.7 Å². The monoisotopic (exact) mass is 442 g/mol. The Bertz CT molecular complexity index is 114. The van der Waals surface area contributed by atoms with Crippen molar-refractivity contribution in [1.29, 1.82) is 0 Å². The standard InChI is InChI=1S/2C4H7.2C2H4O2.2Pd/c2*1-3-4-2;2*1-2(3)4;;/h2*3-4H,1H2,2H3;2*1H3,(H,3,4);;. The van der Waals surface area contributed by atoms with Gasteiger partial charge >= 0.3 is 0 Å². The van der Waals surface area contributed by atoms with Crippen molar-refractivity contribution in [3.05, 3.63) is 39.5 Å². The summed E-state index contributed by atoms with van der Waals surface area (Å²) >= 11 is 0. The van der Waals surface area contributed by atoms with Gasteiger partial charge in [-0.05, 0) is 39.5 Å². The summed E-state index contributed by atoms with van der Waals surface area (Å²) in [7, 11) is 0. The Balaban J connectivity index is -0.0000000257. The van der Waals surface area contributed by atoms with E-state index in [9.17, 15) is 0 Å². The first-order valence-electron chi connectivity index (χ1n) is 4.49. The van der Waals surface area contributed by atoms with Crippen LogP contribution in [0.15, 0.2) is 0 Å². The molecule has 0 fully saturated rings. The first-order chi connectivity index (χ1) is 7.29. The number of rotatable bonds is 2. The molecular formula is C12H22O4Pd2. The van der Waals surface area contributed by atoms with E-state index in [0.717, 1.165) is 13.8 Å². The van der Waals surface area contributed by atoms with Crippen molar-refractivity contribution in [3.8, 4) is 0 Å². The Morgan fingerprint density at radius 2 is 0.889 bits per heavy atom. The van der Waals surface area contributed by atoms with E-state index >= 15 is 0 Å². The SMILES string of the molecule is CC(=O)O.CC(=O)O.[CH2][CH][CH]C.[CH2][CH][CH]C.[Pd].[Pd]. The number of carboxylic acid groups (broad SMARTS) is 2. The third-order valence-corrected chi connectivity index (χ3v) is 0.471. The molecule has 0 aliphatic rings. The molecule has 0 spiro atoms. The van der Waals surface area contributed by atoms with Crippen molar-refractivity contribution in [1.82, 2.24) is 0 Å². The molecule has 0 aliphatic carbocycles. The van der Waals surface area contributed by atoms with E-state index in [0.29, 0.717) is 0 Å². The smallest absolute Gasteiger partial charge is 0.300 e. The normalized spacial score (nSPS) is 6.11. The summed E-state index contributed by atoms with van der Waals surface area (Å²) in [5, 5.41) is 14.8. The zero-order chi connectivity index (χ0) is 14.0. The van der Waals surface area contributed by atoms with E-state index in [1.54, 1.807) is 12.8 Å². The van der Waals surface area contributed by atoms with E-state index in [1.165, 1.54) is 0 Å². The summed E-state index contributed by atoms with van der Waals surface area (Å²) < 4.78 is 0. The van der Waals surface area contributed by atoms with Crippen LogP contribution in [-0.4, -0.2) is 22.2 Å². The Labute approximate surface area is 139 Å². The Hall–Kier alpha value is 0.265. The topological polar surface area (TPSA) is 74.6 Å². The van der Waals surface area contributed by atoms with Crippen molar-refractivity contribution in [2.24, 2.45) is 0 Å². The van der Waals surface area contributed by atoms with Gasteiger partial charge in [-0.2, -0.15) is 0 Å². The van der Waals surface area contributed by atoms with Gasteiger partial charge < -0.3 is 10.2 Å². The van der Waals surface area contributed by atoms with Crippen molar-refractivity contribution < 1.29 is 60.6 Å². The summed E-state index contributed by atoms with van der Waals surface area (Å²) in [6, 6.07) is 0. The molecule has 0 saturated heterocycles. The second-order valence-corrected chi connectivity index (χ2v) is 2.18. The largest absolute Gasteiger partial charge is 0.481 e. The van der Waals surface area contributed by atoms with Crippen LogP contribution < -0.4 is 0 Å². The van der Waals surface area contributed by atoms with Gasteiger partial charge in [0.15, 0.2) is 0 Å². The van der Waals surface area contributed by atoms with Crippen LogP contribution in [0, 0.1) is 39.5 Å². The van der Waals surface area contributed by atoms with Gasteiger partial charge in [0.05, 0.1) is 0 Å². The molecule has 0 aliphatic heterocycles. The Morgan fingerprint density at radius 1 is 0.833 bits per heavy atom. The Kier molecular flexibility index (Phi) is 87.2. The molecular weight excluding hydrogens is 421 g/mol. The minimum absolute atomic E-state index is 0. The summed E-state index contributed by atoms with van der Waals surface area (Å²) in [4.78, 5) is 18.0. The van der Waals surface area contributed by atoms with Crippen LogP contribution in [0.5, 0.6) is 0 Å². The molecule has 0 aromatic carbocycles. The summed E-state index contributed by atoms with van der Waals surface area (Å²) in [6.07, 6.45) is 7.28. The van der Waals surface area contributed by atoms with E-state index in [1.807, 2.05) is 26.7 Å². The van der Waals surface area contributed by atoms with E-state index < -0.39 is 11.9 Å². The molecule has 18 heavy (non-hydrogen) atoms. The predicted octanol–water partition coefficient (Wildman–Crippen LogP) is 2.67. The van der Waals surface area contributed by atoms with Gasteiger partial charge in [0.25, 0.3) is 11.9 Å². The first kappa shape index (κ1) is 36.2. The van der Waals surface area contributed by atoms with Crippen LogP contribution in [0.3, 0.4) is 0 Å². The van der Waals surface area contributed by atoms with Crippen LogP contribution in [0.4, 0.5) is 0 Å². The second-order valence-electron chi connectivity index (χ2n) is 2.18. The molecule has 0 heterocycles. The third-order valence-electron chi connectivity index (χ3n) is 0.471. The number of aliphatic carboxylic acids is 2. The molecule has 0 rings (SSSR count). The van der Waals surface area contributed by atoms with E-state index in [-0.39, 0.29) is 40.8 Å². The maximum Gasteiger partial charge on any atom is 0.300 e. The van der Waals surface area contributed by atoms with Gasteiger partial charge in [0.1, 0.15) is 0 Å². The zero-order valence-corrected chi connectivity index (χ0v) is 14.2. The minimum atomic E-state index is -0.833. The van der Waals surface area contributed by atoms with Gasteiger partial charge in [0.2, 0.25) is 0 Å². The van der Waals surface area contributed by atoms with Crippen LogP contribution in [0.2, 0.25) is 0 Å². The molecule has 114 valence electrons. The maximum atomic E-state index is 9.00. The Morgan fingerprint density at radius 3 is 0.889 bits per heavy atom. The molecule has 6 heteroatoms. The minimum Gasteiger partial charge on any atom is -0.481 e. The predicted molar refractivity (Wildman–Crippen MR) is 65.9 cm³/mol. The average molecular weight is 443 g/mol. The molecule has 0 unspecified atom stereocenters. The van der Waals surface area contributed by atoms with Crippen LogP contribution >= 0.6 is 0 Å². The fourth-order valence-electron chi connectivity index (χ4n) is 0. The molecule has 0 saturated carbocycles. The number of carbonyl (C=O) groups is 2. The van der Waals surface area contributed by atoms with Gasteiger partial charge in [-0.25, -0.2) is 0 Å². The molecule has 0 aromatic rings. The van der Waals surface area contributed by atoms with Crippen molar-refractivity contribution >= 4 is 11.9 Å². The number of hydrogen-bond donors (Lipinski definition) is 2. The number of hydrogen-bond acceptors (Lipinski definition) is 2. The number of carboxylic acids is 2. The summed E-state index contributed by atoms with van der Waals surface area (Å²) in [5.41, 5.74) is 0. The molecule has 0 amide bonds. The second kappa shape index (κ2) is 43.3. The van der Waals surface area contributed by atoms with Gasteiger partial charge in [-0.1, -0.05) is 13.8 Å². The molecule has 0 bridgehead atoms.